The van der Waals surface area contributed by atoms with E-state index >= 15 is 0 Å². The molecule has 1 heterocycles. The number of hydrogen-bond donors (Lipinski definition) is 1. The van der Waals surface area contributed by atoms with Crippen LogP contribution in [0.1, 0.15) is 5.56 Å². The Labute approximate surface area is 135 Å². The standard InChI is InChI=1S/C18H21N3O2/c1-12-4-6-13(7-5-12)18-20-14-10-16(22-2)17(23-3)11-15(14)21(18)9-8-19/h4-7,10-11H,8-9,19H2,1-3H3. The number of aryl methyl sites for hydroxylation is 1. The van der Waals surface area contributed by atoms with Gasteiger partial charge in [-0.15, -0.1) is 0 Å². The van der Waals surface area contributed by atoms with Gasteiger partial charge >= 0.3 is 0 Å². The molecule has 0 saturated carbocycles. The first-order chi connectivity index (χ1) is 11.2. The molecular weight excluding hydrogens is 290 g/mol. The maximum absolute atomic E-state index is 5.80. The normalized spacial score (nSPS) is 11.0. The van der Waals surface area contributed by atoms with E-state index in [1.165, 1.54) is 5.56 Å². The predicted molar refractivity (Wildman–Crippen MR) is 92.1 cm³/mol. The van der Waals surface area contributed by atoms with Gasteiger partial charge in [-0.25, -0.2) is 4.98 Å². The summed E-state index contributed by atoms with van der Waals surface area (Å²) < 4.78 is 12.9. The molecule has 0 saturated heterocycles. The van der Waals surface area contributed by atoms with Crippen LogP contribution in [0.4, 0.5) is 0 Å². The van der Waals surface area contributed by atoms with E-state index in [2.05, 4.69) is 35.8 Å². The lowest BCUT2D eigenvalue weighted by atomic mass is 10.1. The van der Waals surface area contributed by atoms with E-state index in [1.807, 2.05) is 12.1 Å². The number of imidazole rings is 1. The fourth-order valence-corrected chi connectivity index (χ4v) is 2.73. The molecule has 0 aliphatic heterocycles. The largest absolute Gasteiger partial charge is 0.493 e. The molecule has 1 aromatic heterocycles. The highest BCUT2D eigenvalue weighted by Crippen LogP contribution is 2.34. The molecule has 0 aliphatic rings. The summed E-state index contributed by atoms with van der Waals surface area (Å²) in [6.07, 6.45) is 0. The van der Waals surface area contributed by atoms with Gasteiger partial charge in [0.1, 0.15) is 5.82 Å². The van der Waals surface area contributed by atoms with Crippen molar-refractivity contribution in [2.75, 3.05) is 20.8 Å². The maximum atomic E-state index is 5.80. The summed E-state index contributed by atoms with van der Waals surface area (Å²) in [5.41, 5.74) is 9.95. The second-order valence-corrected chi connectivity index (χ2v) is 5.44. The van der Waals surface area contributed by atoms with Gasteiger partial charge in [-0.2, -0.15) is 0 Å². The maximum Gasteiger partial charge on any atom is 0.163 e. The molecule has 23 heavy (non-hydrogen) atoms. The Hall–Kier alpha value is -2.53. The summed E-state index contributed by atoms with van der Waals surface area (Å²) in [5, 5.41) is 0. The molecule has 2 aromatic carbocycles. The molecule has 0 bridgehead atoms. The van der Waals surface area contributed by atoms with Crippen molar-refractivity contribution in [3.63, 3.8) is 0 Å². The fourth-order valence-electron chi connectivity index (χ4n) is 2.73. The summed E-state index contributed by atoms with van der Waals surface area (Å²) in [6, 6.07) is 12.2. The highest BCUT2D eigenvalue weighted by atomic mass is 16.5. The Morgan fingerprint density at radius 2 is 1.70 bits per heavy atom. The van der Waals surface area contributed by atoms with Gasteiger partial charge in [0.15, 0.2) is 11.5 Å². The highest BCUT2D eigenvalue weighted by Gasteiger charge is 2.16. The van der Waals surface area contributed by atoms with Crippen LogP contribution in [0.5, 0.6) is 11.5 Å². The molecule has 0 radical (unpaired) electrons. The number of hydrogen-bond acceptors (Lipinski definition) is 4. The van der Waals surface area contributed by atoms with Crippen LogP contribution >= 0.6 is 0 Å². The van der Waals surface area contributed by atoms with E-state index < -0.39 is 0 Å². The van der Waals surface area contributed by atoms with Crippen LogP contribution < -0.4 is 15.2 Å². The van der Waals surface area contributed by atoms with E-state index in [0.29, 0.717) is 24.6 Å². The second-order valence-electron chi connectivity index (χ2n) is 5.44. The highest BCUT2D eigenvalue weighted by molar-refractivity contribution is 5.84. The minimum atomic E-state index is 0.540. The Morgan fingerprint density at radius 1 is 1.04 bits per heavy atom. The molecule has 0 fully saturated rings. The number of nitrogens with two attached hydrogens (primary N) is 1. The zero-order valence-electron chi connectivity index (χ0n) is 13.7. The van der Waals surface area contributed by atoms with Crippen LogP contribution in [0.15, 0.2) is 36.4 Å². The molecule has 0 unspecified atom stereocenters. The van der Waals surface area contributed by atoms with Gasteiger partial charge in [0.25, 0.3) is 0 Å². The lowest BCUT2D eigenvalue weighted by molar-refractivity contribution is 0.355. The van der Waals surface area contributed by atoms with Gasteiger partial charge in [0, 0.05) is 30.8 Å². The van der Waals surface area contributed by atoms with Gasteiger partial charge in [0.2, 0.25) is 0 Å². The molecule has 5 heteroatoms. The fraction of sp³-hybridized carbons (Fsp3) is 0.278. The number of ether oxygens (including phenoxy) is 2. The van der Waals surface area contributed by atoms with Crippen molar-refractivity contribution in [3.05, 3.63) is 42.0 Å². The molecule has 3 rings (SSSR count). The molecule has 3 aromatic rings. The molecule has 0 amide bonds. The summed E-state index contributed by atoms with van der Waals surface area (Å²) in [7, 11) is 3.26. The molecule has 5 nitrogen and oxygen atoms in total. The van der Waals surface area contributed by atoms with Gasteiger partial charge in [-0.1, -0.05) is 29.8 Å². The van der Waals surface area contributed by atoms with Crippen LogP contribution in [0.25, 0.3) is 22.4 Å². The van der Waals surface area contributed by atoms with Crippen LogP contribution in [-0.2, 0) is 6.54 Å². The zero-order valence-corrected chi connectivity index (χ0v) is 13.7. The Morgan fingerprint density at radius 3 is 2.30 bits per heavy atom. The number of rotatable bonds is 5. The van der Waals surface area contributed by atoms with Crippen molar-refractivity contribution in [2.24, 2.45) is 5.73 Å². The lowest BCUT2D eigenvalue weighted by Gasteiger charge is -2.10. The molecule has 120 valence electrons. The van der Waals surface area contributed by atoms with E-state index in [9.17, 15) is 0 Å². The third-order valence-corrected chi connectivity index (χ3v) is 3.92. The second kappa shape index (κ2) is 6.30. The molecule has 0 aliphatic carbocycles. The zero-order chi connectivity index (χ0) is 16.4. The quantitative estimate of drug-likeness (QED) is 0.787. The van der Waals surface area contributed by atoms with Gasteiger partial charge in [0.05, 0.1) is 25.3 Å². The van der Waals surface area contributed by atoms with Crippen LogP contribution in [-0.4, -0.2) is 30.3 Å². The monoisotopic (exact) mass is 311 g/mol. The van der Waals surface area contributed by atoms with E-state index in [-0.39, 0.29) is 0 Å². The van der Waals surface area contributed by atoms with Crippen molar-refractivity contribution in [2.45, 2.75) is 13.5 Å². The van der Waals surface area contributed by atoms with Crippen LogP contribution in [0, 0.1) is 6.92 Å². The molecule has 2 N–H and O–H groups in total. The van der Waals surface area contributed by atoms with Crippen molar-refractivity contribution in [3.8, 4) is 22.9 Å². The first-order valence-electron chi connectivity index (χ1n) is 7.57. The number of nitrogens with zero attached hydrogens (tertiary/aromatic N) is 2. The summed E-state index contributed by atoms with van der Waals surface area (Å²) in [4.78, 5) is 4.79. The SMILES string of the molecule is COc1cc2nc(-c3ccc(C)cc3)n(CCN)c2cc1OC. The van der Waals surface area contributed by atoms with Crippen molar-refractivity contribution >= 4 is 11.0 Å². The summed E-state index contributed by atoms with van der Waals surface area (Å²) in [6.45, 7) is 3.30. The Bertz CT molecular complexity index is 822. The van der Waals surface area contributed by atoms with Crippen molar-refractivity contribution < 1.29 is 9.47 Å². The van der Waals surface area contributed by atoms with Gasteiger partial charge < -0.3 is 19.8 Å². The minimum absolute atomic E-state index is 0.540. The lowest BCUT2D eigenvalue weighted by Crippen LogP contribution is -2.11. The number of benzene rings is 2. The van der Waals surface area contributed by atoms with Gasteiger partial charge in [-0.3, -0.25) is 0 Å². The molecule has 0 spiro atoms. The number of fused-ring (bicyclic) bond motifs is 1. The summed E-state index contributed by atoms with van der Waals surface area (Å²) in [5.74, 6) is 2.27. The first kappa shape index (κ1) is 15.4. The third-order valence-electron chi connectivity index (χ3n) is 3.92. The van der Waals surface area contributed by atoms with E-state index in [1.54, 1.807) is 14.2 Å². The summed E-state index contributed by atoms with van der Waals surface area (Å²) >= 11 is 0. The topological polar surface area (TPSA) is 62.3 Å². The Balaban J connectivity index is 2.24. The predicted octanol–water partition coefficient (Wildman–Crippen LogP) is 2.99. The van der Waals surface area contributed by atoms with E-state index in [0.717, 1.165) is 22.4 Å². The minimum Gasteiger partial charge on any atom is -0.493 e. The smallest absolute Gasteiger partial charge is 0.163 e. The third kappa shape index (κ3) is 2.75. The van der Waals surface area contributed by atoms with Crippen molar-refractivity contribution in [1.29, 1.82) is 0 Å². The van der Waals surface area contributed by atoms with Gasteiger partial charge in [-0.05, 0) is 6.92 Å². The molecule has 0 atom stereocenters. The Kier molecular flexibility index (Phi) is 4.21. The molecular formula is C18H21N3O2. The number of methoxy groups -OCH3 is 2. The first-order valence-corrected chi connectivity index (χ1v) is 7.57. The average Bonchev–Trinajstić information content (AvgIpc) is 2.92. The number of aromatic nitrogens is 2. The average molecular weight is 311 g/mol. The van der Waals surface area contributed by atoms with Crippen LogP contribution in [0.3, 0.4) is 0 Å². The van der Waals surface area contributed by atoms with E-state index in [4.69, 9.17) is 20.2 Å². The van der Waals surface area contributed by atoms with Crippen LogP contribution in [0.2, 0.25) is 0 Å². The van der Waals surface area contributed by atoms with Crippen molar-refractivity contribution in [1.82, 2.24) is 9.55 Å².